The summed E-state index contributed by atoms with van der Waals surface area (Å²) in [5, 5.41) is 0. The van der Waals surface area contributed by atoms with Crippen molar-refractivity contribution < 1.29 is 27.5 Å². The number of pyridine rings is 1. The SMILES string of the molecule is Cc1ccc(-c2nc(N(C(N)=O)c3c(F)cccc3F)ccc2COC(=O)N=CN(C)C)c(F)c1. The highest BCUT2D eigenvalue weighted by Gasteiger charge is 2.25. The number of halogens is 3. The standard InChI is InChI=1S/C24H22F3N5O3/c1-14-7-9-16(19(27)11-14)21-15(12-35-24(34)29-13-31(2)3)8-10-20(30-21)32(23(28)33)22-17(25)5-4-6-18(22)26/h4-11,13H,12H2,1-3H3,(H2,28,33). The van der Waals surface area contributed by atoms with Crippen molar-refractivity contribution in [3.8, 4) is 11.3 Å². The Bertz CT molecular complexity index is 1280. The monoisotopic (exact) mass is 485 g/mol. The van der Waals surface area contributed by atoms with Gasteiger partial charge in [-0.05, 0) is 48.9 Å². The third-order valence-electron chi connectivity index (χ3n) is 4.70. The van der Waals surface area contributed by atoms with Gasteiger partial charge in [-0.25, -0.2) is 32.6 Å². The lowest BCUT2D eigenvalue weighted by Gasteiger charge is -2.22. The van der Waals surface area contributed by atoms with Crippen LogP contribution in [0.4, 0.5) is 34.3 Å². The first kappa shape index (κ1) is 25.2. The Morgan fingerprint density at radius 2 is 1.74 bits per heavy atom. The number of nitrogens with zero attached hydrogens (tertiary/aromatic N) is 4. The van der Waals surface area contributed by atoms with Crippen molar-refractivity contribution in [1.29, 1.82) is 0 Å². The van der Waals surface area contributed by atoms with Crippen LogP contribution in [0.3, 0.4) is 0 Å². The zero-order valence-electron chi connectivity index (χ0n) is 19.1. The number of aromatic nitrogens is 1. The van der Waals surface area contributed by atoms with E-state index in [4.69, 9.17) is 10.5 Å². The summed E-state index contributed by atoms with van der Waals surface area (Å²) in [7, 11) is 3.33. The fourth-order valence-electron chi connectivity index (χ4n) is 3.14. The molecular formula is C24H22F3N5O3. The molecule has 0 aliphatic heterocycles. The summed E-state index contributed by atoms with van der Waals surface area (Å²) in [6, 6.07) is 8.81. The van der Waals surface area contributed by atoms with E-state index in [1.807, 2.05) is 0 Å². The van der Waals surface area contributed by atoms with Crippen LogP contribution in [0.1, 0.15) is 11.1 Å². The number of aryl methyl sites for hydroxylation is 1. The Hall–Kier alpha value is -4.41. The van der Waals surface area contributed by atoms with Crippen molar-refractivity contribution in [2.45, 2.75) is 13.5 Å². The van der Waals surface area contributed by atoms with E-state index in [0.29, 0.717) is 10.5 Å². The molecule has 0 radical (unpaired) electrons. The molecule has 3 aromatic rings. The van der Waals surface area contributed by atoms with Gasteiger partial charge in [0.2, 0.25) is 0 Å². The molecule has 182 valence electrons. The number of amides is 3. The van der Waals surface area contributed by atoms with Crippen molar-refractivity contribution >= 4 is 30.0 Å². The van der Waals surface area contributed by atoms with Crippen LogP contribution in [0.25, 0.3) is 11.3 Å². The minimum atomic E-state index is -1.21. The quantitative estimate of drug-likeness (QED) is 0.395. The molecule has 0 unspecified atom stereocenters. The Labute approximate surface area is 199 Å². The van der Waals surface area contributed by atoms with Gasteiger partial charge in [-0.15, -0.1) is 0 Å². The van der Waals surface area contributed by atoms with Crippen LogP contribution in [-0.2, 0) is 11.3 Å². The van der Waals surface area contributed by atoms with Crippen molar-refractivity contribution in [3.63, 3.8) is 0 Å². The van der Waals surface area contributed by atoms with Crippen LogP contribution >= 0.6 is 0 Å². The molecule has 0 aliphatic carbocycles. The predicted octanol–water partition coefficient (Wildman–Crippen LogP) is 4.92. The van der Waals surface area contributed by atoms with Crippen LogP contribution in [-0.4, -0.2) is 42.4 Å². The molecule has 2 aromatic carbocycles. The Morgan fingerprint density at radius 1 is 1.06 bits per heavy atom. The molecular weight excluding hydrogens is 463 g/mol. The number of anilines is 2. The number of benzene rings is 2. The third kappa shape index (κ3) is 5.94. The van der Waals surface area contributed by atoms with Crippen molar-refractivity contribution in [2.75, 3.05) is 19.0 Å². The highest BCUT2D eigenvalue weighted by atomic mass is 19.1. The van der Waals surface area contributed by atoms with Crippen LogP contribution in [0.2, 0.25) is 0 Å². The third-order valence-corrected chi connectivity index (χ3v) is 4.70. The molecule has 0 saturated heterocycles. The highest BCUT2D eigenvalue weighted by molar-refractivity contribution is 5.98. The van der Waals surface area contributed by atoms with E-state index in [0.717, 1.165) is 18.2 Å². The van der Waals surface area contributed by atoms with Gasteiger partial charge >= 0.3 is 12.1 Å². The molecule has 0 fully saturated rings. The van der Waals surface area contributed by atoms with E-state index < -0.39 is 35.3 Å². The number of rotatable bonds is 6. The van der Waals surface area contributed by atoms with Crippen LogP contribution in [0, 0.1) is 24.4 Å². The van der Waals surface area contributed by atoms with E-state index in [1.165, 1.54) is 35.5 Å². The van der Waals surface area contributed by atoms with Crippen molar-refractivity contribution in [3.05, 3.63) is 77.1 Å². The number of para-hydroxylation sites is 1. The van der Waals surface area contributed by atoms with Gasteiger partial charge in [0, 0.05) is 25.2 Å². The van der Waals surface area contributed by atoms with Gasteiger partial charge in [0.15, 0.2) is 0 Å². The molecule has 1 heterocycles. The van der Waals surface area contributed by atoms with Gasteiger partial charge in [0.05, 0.1) is 12.0 Å². The second-order valence-corrected chi connectivity index (χ2v) is 7.67. The Kier molecular flexibility index (Phi) is 7.69. The highest BCUT2D eigenvalue weighted by Crippen LogP contribution is 2.33. The maximum atomic E-state index is 14.9. The maximum Gasteiger partial charge on any atom is 0.435 e. The average Bonchev–Trinajstić information content (AvgIpc) is 2.78. The van der Waals surface area contributed by atoms with Crippen molar-refractivity contribution in [2.24, 2.45) is 10.7 Å². The van der Waals surface area contributed by atoms with Gasteiger partial charge in [-0.1, -0.05) is 12.1 Å². The number of primary amides is 1. The number of urea groups is 1. The van der Waals surface area contributed by atoms with E-state index in [-0.39, 0.29) is 29.2 Å². The summed E-state index contributed by atoms with van der Waals surface area (Å²) in [5.41, 5.74) is 5.57. The van der Waals surface area contributed by atoms with Gasteiger partial charge in [-0.2, -0.15) is 4.99 Å². The molecule has 11 heteroatoms. The fourth-order valence-corrected chi connectivity index (χ4v) is 3.14. The summed E-state index contributed by atoms with van der Waals surface area (Å²) < 4.78 is 48.9. The number of carbonyl (C=O) groups excluding carboxylic acids is 2. The minimum absolute atomic E-state index is 0.0127. The molecule has 0 aliphatic rings. The molecule has 1 aromatic heterocycles. The molecule has 8 nitrogen and oxygen atoms in total. The summed E-state index contributed by atoms with van der Waals surface area (Å²) in [5.74, 6) is -3.01. The number of nitrogens with two attached hydrogens (primary N) is 1. The number of aliphatic imine (C=N–C) groups is 1. The predicted molar refractivity (Wildman–Crippen MR) is 125 cm³/mol. The van der Waals surface area contributed by atoms with Gasteiger partial charge in [0.1, 0.15) is 35.6 Å². The van der Waals surface area contributed by atoms with E-state index >= 15 is 0 Å². The Morgan fingerprint density at radius 3 is 2.34 bits per heavy atom. The van der Waals surface area contributed by atoms with Gasteiger partial charge in [-0.3, -0.25) is 0 Å². The summed E-state index contributed by atoms with van der Waals surface area (Å²) in [6.07, 6.45) is 0.350. The molecule has 2 N–H and O–H groups in total. The second kappa shape index (κ2) is 10.7. The number of ether oxygens (including phenoxy) is 1. The largest absolute Gasteiger partial charge is 0.443 e. The smallest absolute Gasteiger partial charge is 0.435 e. The molecule has 0 spiro atoms. The van der Waals surface area contributed by atoms with Crippen LogP contribution < -0.4 is 10.6 Å². The molecule has 3 rings (SSSR count). The summed E-state index contributed by atoms with van der Waals surface area (Å²) in [4.78, 5) is 34.1. The zero-order valence-corrected chi connectivity index (χ0v) is 19.1. The fraction of sp³-hybridized carbons (Fsp3) is 0.167. The van der Waals surface area contributed by atoms with Gasteiger partial charge < -0.3 is 15.4 Å². The number of hydrogen-bond acceptors (Lipinski definition) is 4. The second-order valence-electron chi connectivity index (χ2n) is 7.67. The first-order valence-electron chi connectivity index (χ1n) is 10.3. The number of hydrogen-bond donors (Lipinski definition) is 1. The normalized spacial score (nSPS) is 10.9. The maximum absolute atomic E-state index is 14.9. The summed E-state index contributed by atoms with van der Waals surface area (Å²) >= 11 is 0. The minimum Gasteiger partial charge on any atom is -0.443 e. The molecule has 0 atom stereocenters. The Balaban J connectivity index is 2.11. The summed E-state index contributed by atoms with van der Waals surface area (Å²) in [6.45, 7) is 1.35. The van der Waals surface area contributed by atoms with Gasteiger partial charge in [0.25, 0.3) is 0 Å². The van der Waals surface area contributed by atoms with Crippen LogP contribution in [0.15, 0.2) is 53.5 Å². The van der Waals surface area contributed by atoms with E-state index in [2.05, 4.69) is 9.98 Å². The molecule has 3 amide bonds. The van der Waals surface area contributed by atoms with E-state index in [1.54, 1.807) is 27.1 Å². The first-order valence-corrected chi connectivity index (χ1v) is 10.3. The molecule has 0 saturated carbocycles. The average molecular weight is 485 g/mol. The topological polar surface area (TPSA) is 101 Å². The lowest BCUT2D eigenvalue weighted by atomic mass is 10.0. The van der Waals surface area contributed by atoms with E-state index in [9.17, 15) is 22.8 Å². The van der Waals surface area contributed by atoms with Crippen LogP contribution in [0.5, 0.6) is 0 Å². The van der Waals surface area contributed by atoms with Crippen molar-refractivity contribution in [1.82, 2.24) is 9.88 Å². The lowest BCUT2D eigenvalue weighted by molar-refractivity contribution is 0.151. The number of carbonyl (C=O) groups is 2. The molecule has 35 heavy (non-hydrogen) atoms. The molecule has 0 bridgehead atoms. The lowest BCUT2D eigenvalue weighted by Crippen LogP contribution is -2.33. The first-order chi connectivity index (χ1) is 16.6. The zero-order chi connectivity index (χ0) is 25.7.